The second-order valence-corrected chi connectivity index (χ2v) is 7.61. The molecule has 0 aromatic heterocycles. The number of nitrogen functional groups attached to an aromatic ring is 1. The summed E-state index contributed by atoms with van der Waals surface area (Å²) in [5, 5.41) is 0.398. The van der Waals surface area contributed by atoms with Crippen LogP contribution in [0.3, 0.4) is 0 Å². The zero-order valence-electron chi connectivity index (χ0n) is 11.2. The van der Waals surface area contributed by atoms with E-state index in [4.69, 9.17) is 17.3 Å². The average molecular weight is 323 g/mol. The van der Waals surface area contributed by atoms with Gasteiger partial charge in [0.05, 0.1) is 15.6 Å². The van der Waals surface area contributed by atoms with Crippen molar-refractivity contribution in [3.8, 4) is 0 Å². The third kappa shape index (κ3) is 4.56. The van der Waals surface area contributed by atoms with Gasteiger partial charge in [-0.1, -0.05) is 18.5 Å². The number of nitrogens with two attached hydrogens (primary N) is 1. The summed E-state index contributed by atoms with van der Waals surface area (Å²) in [4.78, 5) is 0.156. The van der Waals surface area contributed by atoms with Gasteiger partial charge in [0, 0.05) is 6.54 Å². The summed E-state index contributed by atoms with van der Waals surface area (Å²) in [5.74, 6) is 1.18. The van der Waals surface area contributed by atoms with Gasteiger partial charge in [-0.15, -0.1) is 0 Å². The molecule has 0 aliphatic rings. The number of hydrogen-bond acceptors (Lipinski definition) is 4. The molecule has 108 valence electrons. The predicted octanol–water partition coefficient (Wildman–Crippen LogP) is 2.51. The van der Waals surface area contributed by atoms with Crippen molar-refractivity contribution in [1.82, 2.24) is 4.72 Å². The first-order valence-corrected chi connectivity index (χ1v) is 9.07. The fourth-order valence-electron chi connectivity index (χ4n) is 1.60. The summed E-state index contributed by atoms with van der Waals surface area (Å²) in [7, 11) is -3.53. The van der Waals surface area contributed by atoms with Crippen LogP contribution in [0.2, 0.25) is 5.02 Å². The summed E-state index contributed by atoms with van der Waals surface area (Å²) in [6.07, 6.45) is 1.99. The van der Waals surface area contributed by atoms with Crippen LogP contribution in [0.15, 0.2) is 17.0 Å². The number of thioether (sulfide) groups is 1. The molecule has 3 N–H and O–H groups in total. The number of hydrogen-bond donors (Lipinski definition) is 2. The lowest BCUT2D eigenvalue weighted by Crippen LogP contribution is -2.29. The molecule has 0 spiro atoms. The molecule has 0 radical (unpaired) electrons. The second kappa shape index (κ2) is 6.83. The number of rotatable bonds is 6. The number of anilines is 1. The van der Waals surface area contributed by atoms with Gasteiger partial charge in [0.2, 0.25) is 10.0 Å². The molecule has 0 heterocycles. The van der Waals surface area contributed by atoms with E-state index in [1.807, 2.05) is 13.2 Å². The van der Waals surface area contributed by atoms with Crippen LogP contribution >= 0.6 is 23.4 Å². The SMILES string of the molecule is CSCC(C)CNS(=O)(=O)c1cc(C)c(Cl)c(N)c1. The van der Waals surface area contributed by atoms with Gasteiger partial charge < -0.3 is 5.73 Å². The highest BCUT2D eigenvalue weighted by atomic mass is 35.5. The first-order chi connectivity index (χ1) is 8.77. The summed E-state index contributed by atoms with van der Waals surface area (Å²) in [6.45, 7) is 4.14. The molecule has 0 amide bonds. The van der Waals surface area contributed by atoms with Crippen LogP contribution in [0.1, 0.15) is 12.5 Å². The van der Waals surface area contributed by atoms with Crippen LogP contribution < -0.4 is 10.5 Å². The number of halogens is 1. The molecule has 7 heteroatoms. The first-order valence-electron chi connectivity index (χ1n) is 5.82. The molecule has 0 fully saturated rings. The average Bonchev–Trinajstić information content (AvgIpc) is 2.33. The molecular formula is C12H19ClN2O2S2. The third-order valence-corrected chi connectivity index (χ3v) is 5.46. The normalized spacial score (nSPS) is 13.5. The lowest BCUT2D eigenvalue weighted by atomic mass is 10.2. The van der Waals surface area contributed by atoms with Crippen LogP contribution in [0, 0.1) is 12.8 Å². The maximum absolute atomic E-state index is 12.1. The number of sulfonamides is 1. The molecule has 19 heavy (non-hydrogen) atoms. The lowest BCUT2D eigenvalue weighted by Gasteiger charge is -2.13. The number of benzene rings is 1. The minimum absolute atomic E-state index is 0.156. The molecular weight excluding hydrogens is 304 g/mol. The van der Waals surface area contributed by atoms with Gasteiger partial charge in [0.15, 0.2) is 0 Å². The van der Waals surface area contributed by atoms with Crippen molar-refractivity contribution in [2.24, 2.45) is 5.92 Å². The Labute approximate surface area is 124 Å². The van der Waals surface area contributed by atoms with E-state index in [1.165, 1.54) is 12.1 Å². The summed E-state index contributed by atoms with van der Waals surface area (Å²) in [5.41, 5.74) is 6.62. The lowest BCUT2D eigenvalue weighted by molar-refractivity contribution is 0.562. The molecule has 1 atom stereocenters. The van der Waals surface area contributed by atoms with Gasteiger partial charge in [-0.25, -0.2) is 13.1 Å². The van der Waals surface area contributed by atoms with Gasteiger partial charge in [-0.2, -0.15) is 11.8 Å². The molecule has 0 saturated carbocycles. The van der Waals surface area contributed by atoms with E-state index in [0.717, 1.165) is 5.75 Å². The minimum Gasteiger partial charge on any atom is -0.397 e. The van der Waals surface area contributed by atoms with Crippen molar-refractivity contribution in [3.63, 3.8) is 0 Å². The van der Waals surface area contributed by atoms with E-state index in [-0.39, 0.29) is 16.5 Å². The van der Waals surface area contributed by atoms with Crippen molar-refractivity contribution in [3.05, 3.63) is 22.7 Å². The minimum atomic E-state index is -3.53. The van der Waals surface area contributed by atoms with Crippen LogP contribution in [-0.2, 0) is 10.0 Å². The Bertz CT molecular complexity index is 524. The van der Waals surface area contributed by atoms with Crippen LogP contribution in [0.5, 0.6) is 0 Å². The zero-order valence-corrected chi connectivity index (χ0v) is 13.6. The van der Waals surface area contributed by atoms with Crippen molar-refractivity contribution < 1.29 is 8.42 Å². The predicted molar refractivity (Wildman–Crippen MR) is 83.3 cm³/mol. The smallest absolute Gasteiger partial charge is 0.240 e. The molecule has 1 aromatic rings. The Morgan fingerprint density at radius 3 is 2.63 bits per heavy atom. The van der Waals surface area contributed by atoms with Gasteiger partial charge >= 0.3 is 0 Å². The van der Waals surface area contributed by atoms with E-state index in [2.05, 4.69) is 4.72 Å². The highest BCUT2D eigenvalue weighted by Gasteiger charge is 2.17. The number of aryl methyl sites for hydroxylation is 1. The molecule has 0 bridgehead atoms. The fraction of sp³-hybridized carbons (Fsp3) is 0.500. The molecule has 0 saturated heterocycles. The third-order valence-electron chi connectivity index (χ3n) is 2.64. The van der Waals surface area contributed by atoms with Gasteiger partial charge in [-0.05, 0) is 42.5 Å². The fourth-order valence-corrected chi connectivity index (χ4v) is 3.68. The van der Waals surface area contributed by atoms with E-state index >= 15 is 0 Å². The Kier molecular flexibility index (Phi) is 5.98. The van der Waals surface area contributed by atoms with Crippen LogP contribution in [0.4, 0.5) is 5.69 Å². The topological polar surface area (TPSA) is 72.2 Å². The van der Waals surface area contributed by atoms with Crippen molar-refractivity contribution in [2.75, 3.05) is 24.3 Å². The van der Waals surface area contributed by atoms with Crippen molar-refractivity contribution >= 4 is 39.1 Å². The molecule has 4 nitrogen and oxygen atoms in total. The Morgan fingerprint density at radius 1 is 1.47 bits per heavy atom. The van der Waals surface area contributed by atoms with Gasteiger partial charge in [0.1, 0.15) is 0 Å². The van der Waals surface area contributed by atoms with E-state index in [9.17, 15) is 8.42 Å². The van der Waals surface area contributed by atoms with Gasteiger partial charge in [-0.3, -0.25) is 0 Å². The molecule has 1 aromatic carbocycles. The first kappa shape index (κ1) is 16.6. The van der Waals surface area contributed by atoms with Crippen LogP contribution in [-0.4, -0.2) is 27.0 Å². The highest BCUT2D eigenvalue weighted by Crippen LogP contribution is 2.26. The summed E-state index contributed by atoms with van der Waals surface area (Å²) in [6, 6.07) is 2.91. The van der Waals surface area contributed by atoms with Crippen molar-refractivity contribution in [1.29, 1.82) is 0 Å². The monoisotopic (exact) mass is 322 g/mol. The summed E-state index contributed by atoms with van der Waals surface area (Å²) < 4.78 is 26.9. The quantitative estimate of drug-likeness (QED) is 0.789. The zero-order chi connectivity index (χ0) is 14.6. The largest absolute Gasteiger partial charge is 0.397 e. The summed E-state index contributed by atoms with van der Waals surface area (Å²) >= 11 is 7.62. The van der Waals surface area contributed by atoms with E-state index in [0.29, 0.717) is 17.1 Å². The van der Waals surface area contributed by atoms with Gasteiger partial charge in [0.25, 0.3) is 0 Å². The Hall–Kier alpha value is -0.430. The Morgan fingerprint density at radius 2 is 2.11 bits per heavy atom. The molecule has 1 unspecified atom stereocenters. The molecule has 0 aliphatic carbocycles. The Balaban J connectivity index is 2.89. The van der Waals surface area contributed by atoms with E-state index < -0.39 is 10.0 Å². The maximum Gasteiger partial charge on any atom is 0.240 e. The molecule has 1 rings (SSSR count). The second-order valence-electron chi connectivity index (χ2n) is 4.56. The van der Waals surface area contributed by atoms with Crippen LogP contribution in [0.25, 0.3) is 0 Å². The standard InChI is InChI=1S/C12H19ClN2O2S2/c1-8(7-18-3)6-15-19(16,17)10-4-9(2)12(13)11(14)5-10/h4-5,8,15H,6-7,14H2,1-3H3. The highest BCUT2D eigenvalue weighted by molar-refractivity contribution is 7.98. The molecule has 0 aliphatic heterocycles. The maximum atomic E-state index is 12.1. The number of nitrogens with one attached hydrogen (secondary N) is 1. The van der Waals surface area contributed by atoms with Crippen molar-refractivity contribution in [2.45, 2.75) is 18.7 Å². The van der Waals surface area contributed by atoms with E-state index in [1.54, 1.807) is 18.7 Å².